The number of carbonyl (C=O) groups is 1. The number of aromatic nitrogens is 1. The molecule has 1 aliphatic rings. The molecule has 1 atom stereocenters. The summed E-state index contributed by atoms with van der Waals surface area (Å²) in [5.74, 6) is -0.136. The van der Waals surface area contributed by atoms with Crippen molar-refractivity contribution in [3.8, 4) is 0 Å². The largest absolute Gasteiger partial charge is 0.377 e. The van der Waals surface area contributed by atoms with Crippen molar-refractivity contribution in [1.29, 1.82) is 0 Å². The summed E-state index contributed by atoms with van der Waals surface area (Å²) in [5, 5.41) is 0.885. The Morgan fingerprint density at radius 2 is 1.88 bits per heavy atom. The second-order valence-corrected chi connectivity index (χ2v) is 10.6. The molecule has 0 spiro atoms. The molecule has 8 heteroatoms. The van der Waals surface area contributed by atoms with Crippen LogP contribution >= 0.6 is 0 Å². The molecule has 1 N–H and O–H groups in total. The Labute approximate surface area is 193 Å². The van der Waals surface area contributed by atoms with Gasteiger partial charge in [-0.3, -0.25) is 9.59 Å². The summed E-state index contributed by atoms with van der Waals surface area (Å²) in [6.45, 7) is 6.04. The van der Waals surface area contributed by atoms with Gasteiger partial charge in [-0.1, -0.05) is 18.2 Å². The van der Waals surface area contributed by atoms with Crippen LogP contribution in [-0.4, -0.2) is 42.7 Å². The van der Waals surface area contributed by atoms with E-state index < -0.39 is 10.0 Å². The van der Waals surface area contributed by atoms with Gasteiger partial charge < -0.3 is 9.72 Å². The van der Waals surface area contributed by atoms with Crippen molar-refractivity contribution in [1.82, 2.24) is 9.29 Å². The minimum Gasteiger partial charge on any atom is -0.377 e. The first-order chi connectivity index (χ1) is 15.6. The molecule has 2 heterocycles. The lowest BCUT2D eigenvalue weighted by molar-refractivity contribution is 0.0925. The van der Waals surface area contributed by atoms with E-state index in [2.05, 4.69) is 4.98 Å². The van der Waals surface area contributed by atoms with Gasteiger partial charge in [0, 0.05) is 41.7 Å². The highest BCUT2D eigenvalue weighted by Gasteiger charge is 2.30. The lowest BCUT2D eigenvalue weighted by Crippen LogP contribution is -2.38. The van der Waals surface area contributed by atoms with Crippen LogP contribution < -0.4 is 5.56 Å². The number of hydrogen-bond acceptors (Lipinski definition) is 5. The fourth-order valence-electron chi connectivity index (χ4n) is 4.30. The van der Waals surface area contributed by atoms with E-state index in [0.29, 0.717) is 17.7 Å². The van der Waals surface area contributed by atoms with Crippen LogP contribution in [0.1, 0.15) is 46.8 Å². The third-order valence-electron chi connectivity index (χ3n) is 6.07. The van der Waals surface area contributed by atoms with Gasteiger partial charge >= 0.3 is 0 Å². The molecule has 174 valence electrons. The summed E-state index contributed by atoms with van der Waals surface area (Å²) in [6, 6.07) is 11.6. The molecule has 1 aromatic heterocycles. The summed E-state index contributed by atoms with van der Waals surface area (Å²) >= 11 is 0. The fraction of sp³-hybridized carbons (Fsp3) is 0.360. The summed E-state index contributed by atoms with van der Waals surface area (Å²) < 4.78 is 34.1. The van der Waals surface area contributed by atoms with Crippen molar-refractivity contribution >= 4 is 26.7 Å². The lowest BCUT2D eigenvalue weighted by atomic mass is 10.0. The number of rotatable bonds is 7. The SMILES string of the molecule is CC(=O)c1ccc(S(=O)(=O)N(Cc2cc3c(C)cc(C)cc3[nH]c2=O)C[C@H]2CCCO2)cc1. The Hall–Kier alpha value is -2.81. The molecule has 1 saturated heterocycles. The van der Waals surface area contributed by atoms with Gasteiger partial charge in [-0.25, -0.2) is 8.42 Å². The topological polar surface area (TPSA) is 96.5 Å². The monoisotopic (exact) mass is 468 g/mol. The van der Waals surface area contributed by atoms with Gasteiger partial charge in [0.1, 0.15) is 0 Å². The number of fused-ring (bicyclic) bond motifs is 1. The molecule has 7 nitrogen and oxygen atoms in total. The first-order valence-corrected chi connectivity index (χ1v) is 12.4. The molecule has 33 heavy (non-hydrogen) atoms. The second-order valence-electron chi connectivity index (χ2n) is 8.68. The first-order valence-electron chi connectivity index (χ1n) is 11.0. The maximum absolute atomic E-state index is 13.6. The number of sulfonamides is 1. The van der Waals surface area contributed by atoms with E-state index in [1.807, 2.05) is 26.0 Å². The number of nitrogens with one attached hydrogen (secondary N) is 1. The highest BCUT2D eigenvalue weighted by molar-refractivity contribution is 7.89. The molecule has 0 aliphatic carbocycles. The Kier molecular flexibility index (Phi) is 6.52. The van der Waals surface area contributed by atoms with Gasteiger partial charge in [-0.2, -0.15) is 4.31 Å². The number of hydrogen-bond donors (Lipinski definition) is 1. The predicted octanol–water partition coefficient (Wildman–Crippen LogP) is 3.72. The van der Waals surface area contributed by atoms with Gasteiger partial charge in [0.05, 0.1) is 11.0 Å². The van der Waals surface area contributed by atoms with Crippen molar-refractivity contribution < 1.29 is 17.9 Å². The molecule has 0 unspecified atom stereocenters. The number of carbonyl (C=O) groups excluding carboxylic acids is 1. The number of aromatic amines is 1. The van der Waals surface area contributed by atoms with Crippen LogP contribution in [0.5, 0.6) is 0 Å². The van der Waals surface area contributed by atoms with Gasteiger partial charge in [-0.05, 0) is 69.0 Å². The zero-order chi connectivity index (χ0) is 23.8. The Balaban J connectivity index is 1.73. The summed E-state index contributed by atoms with van der Waals surface area (Å²) in [5.41, 5.74) is 3.28. The van der Waals surface area contributed by atoms with E-state index in [0.717, 1.165) is 34.9 Å². The Bertz CT molecular complexity index is 1350. The third kappa shape index (κ3) is 4.93. The van der Waals surface area contributed by atoms with Crippen molar-refractivity contribution in [2.45, 2.75) is 51.2 Å². The zero-order valence-electron chi connectivity index (χ0n) is 19.1. The highest BCUT2D eigenvalue weighted by Crippen LogP contribution is 2.24. The van der Waals surface area contributed by atoms with Crippen molar-refractivity contribution in [3.05, 3.63) is 75.1 Å². The number of ketones is 1. The average Bonchev–Trinajstić information content (AvgIpc) is 3.27. The molecule has 0 radical (unpaired) electrons. The van der Waals surface area contributed by atoms with Gasteiger partial charge in [-0.15, -0.1) is 0 Å². The minimum absolute atomic E-state index is 0.0742. The average molecular weight is 469 g/mol. The quantitative estimate of drug-likeness (QED) is 0.533. The molecule has 0 bridgehead atoms. The number of Topliss-reactive ketones (excluding diaryl/α,β-unsaturated/α-hetero) is 1. The molecule has 1 fully saturated rings. The summed E-state index contributed by atoms with van der Waals surface area (Å²) in [4.78, 5) is 27.4. The molecule has 0 saturated carbocycles. The number of benzene rings is 2. The number of pyridine rings is 1. The molecular weight excluding hydrogens is 440 g/mol. The number of aryl methyl sites for hydroxylation is 2. The lowest BCUT2D eigenvalue weighted by Gasteiger charge is -2.25. The number of ether oxygens (including phenoxy) is 1. The fourth-order valence-corrected chi connectivity index (χ4v) is 5.75. The van der Waals surface area contributed by atoms with E-state index in [1.165, 1.54) is 35.5 Å². The zero-order valence-corrected chi connectivity index (χ0v) is 19.9. The molecule has 1 aliphatic heterocycles. The predicted molar refractivity (Wildman–Crippen MR) is 127 cm³/mol. The third-order valence-corrected chi connectivity index (χ3v) is 7.89. The van der Waals surface area contributed by atoms with Crippen molar-refractivity contribution in [2.75, 3.05) is 13.2 Å². The molecule has 2 aromatic carbocycles. The Morgan fingerprint density at radius 1 is 1.15 bits per heavy atom. The van der Waals surface area contributed by atoms with E-state index in [4.69, 9.17) is 4.74 Å². The van der Waals surface area contributed by atoms with Crippen molar-refractivity contribution in [3.63, 3.8) is 0 Å². The maximum atomic E-state index is 13.6. The van der Waals surface area contributed by atoms with Crippen LogP contribution in [0.25, 0.3) is 10.9 Å². The normalized spacial score (nSPS) is 16.5. The molecule has 0 amide bonds. The smallest absolute Gasteiger partial charge is 0.252 e. The Morgan fingerprint density at radius 3 is 2.52 bits per heavy atom. The second kappa shape index (κ2) is 9.21. The van der Waals surface area contributed by atoms with Crippen LogP contribution in [0.2, 0.25) is 0 Å². The van der Waals surface area contributed by atoms with Crippen LogP contribution in [0, 0.1) is 13.8 Å². The number of nitrogens with zero attached hydrogens (tertiary/aromatic N) is 1. The van der Waals surface area contributed by atoms with Gasteiger partial charge in [0.15, 0.2) is 5.78 Å². The first kappa shape index (κ1) is 23.4. The van der Waals surface area contributed by atoms with E-state index in [1.54, 1.807) is 6.07 Å². The van der Waals surface area contributed by atoms with E-state index >= 15 is 0 Å². The highest BCUT2D eigenvalue weighted by atomic mass is 32.2. The van der Waals surface area contributed by atoms with Crippen LogP contribution in [0.15, 0.2) is 52.2 Å². The summed E-state index contributed by atoms with van der Waals surface area (Å²) in [6.07, 6.45) is 1.42. The van der Waals surface area contributed by atoms with Gasteiger partial charge in [0.25, 0.3) is 5.56 Å². The van der Waals surface area contributed by atoms with Crippen LogP contribution in [-0.2, 0) is 21.3 Å². The minimum atomic E-state index is -3.93. The van der Waals surface area contributed by atoms with Gasteiger partial charge in [0.2, 0.25) is 10.0 Å². The van der Waals surface area contributed by atoms with E-state index in [9.17, 15) is 18.0 Å². The molecule has 4 rings (SSSR count). The van der Waals surface area contributed by atoms with E-state index in [-0.39, 0.29) is 35.4 Å². The maximum Gasteiger partial charge on any atom is 0.252 e. The van der Waals surface area contributed by atoms with Crippen LogP contribution in [0.4, 0.5) is 0 Å². The van der Waals surface area contributed by atoms with Crippen molar-refractivity contribution in [2.24, 2.45) is 0 Å². The molecular formula is C25H28N2O5S. The number of H-pyrrole nitrogens is 1. The van der Waals surface area contributed by atoms with Crippen LogP contribution in [0.3, 0.4) is 0 Å². The standard InChI is InChI=1S/C25H28N2O5S/c1-16-11-17(2)23-13-20(25(29)26-24(23)12-16)14-27(15-21-5-4-10-32-21)33(30,31)22-8-6-19(7-9-22)18(3)28/h6-9,11-13,21H,4-5,10,14-15H2,1-3H3,(H,26,29)/t21-/m1/s1. The molecule has 3 aromatic rings. The summed E-state index contributed by atoms with van der Waals surface area (Å²) in [7, 11) is -3.93.